The van der Waals surface area contributed by atoms with Crippen molar-refractivity contribution in [2.75, 3.05) is 26.7 Å². The van der Waals surface area contributed by atoms with Crippen LogP contribution in [-0.4, -0.2) is 66.6 Å². The van der Waals surface area contributed by atoms with Crippen molar-refractivity contribution in [3.63, 3.8) is 0 Å². The summed E-state index contributed by atoms with van der Waals surface area (Å²) in [6.45, 7) is 5.09. The van der Waals surface area contributed by atoms with Crippen molar-refractivity contribution >= 4 is 15.6 Å². The van der Waals surface area contributed by atoms with Gasteiger partial charge in [0.2, 0.25) is 10.0 Å². The number of rotatable bonds is 7. The number of benzene rings is 1. The van der Waals surface area contributed by atoms with E-state index >= 15 is 0 Å². The summed E-state index contributed by atoms with van der Waals surface area (Å²) in [5, 5.41) is 9.85. The van der Waals surface area contributed by atoms with E-state index in [9.17, 15) is 13.5 Å². The Morgan fingerprint density at radius 2 is 2.09 bits per heavy atom. The predicted octanol–water partition coefficient (Wildman–Crippen LogP) is 3.94. The number of aliphatic hydroxyl groups is 1. The first-order chi connectivity index (χ1) is 16.8. The first-order valence-electron chi connectivity index (χ1n) is 12.5. The van der Waals surface area contributed by atoms with Gasteiger partial charge in [-0.3, -0.25) is 9.88 Å². The van der Waals surface area contributed by atoms with Crippen LogP contribution in [0.4, 0.5) is 0 Å². The van der Waals surface area contributed by atoms with Gasteiger partial charge in [-0.05, 0) is 75.1 Å². The smallest absolute Gasteiger partial charge is 0.247 e. The molecule has 1 N–H and O–H groups in total. The summed E-state index contributed by atoms with van der Waals surface area (Å²) in [6.07, 6.45) is 8.18. The molecular formula is C27H37N3O4S. The van der Waals surface area contributed by atoms with Crippen LogP contribution in [0.1, 0.15) is 50.8 Å². The van der Waals surface area contributed by atoms with E-state index in [-0.39, 0.29) is 30.1 Å². The van der Waals surface area contributed by atoms with Gasteiger partial charge in [-0.1, -0.05) is 25.1 Å². The minimum atomic E-state index is -3.83. The molecule has 2 aliphatic rings. The summed E-state index contributed by atoms with van der Waals surface area (Å²) in [5.41, 5.74) is 3.24. The molecular weight excluding hydrogens is 462 g/mol. The summed E-state index contributed by atoms with van der Waals surface area (Å²) in [5.74, 6) is 0.308. The molecule has 190 valence electrons. The largest absolute Gasteiger partial charge is 0.487 e. The molecule has 0 amide bonds. The lowest BCUT2D eigenvalue weighted by Crippen LogP contribution is -2.49. The molecule has 4 rings (SSSR count). The Balaban J connectivity index is 1.69. The van der Waals surface area contributed by atoms with Crippen molar-refractivity contribution < 1.29 is 18.3 Å². The number of pyridine rings is 1. The van der Waals surface area contributed by atoms with Crippen molar-refractivity contribution in [3.05, 3.63) is 59.9 Å². The fraction of sp³-hybridized carbons (Fsp3) is 0.519. The average Bonchev–Trinajstić information content (AvgIpc) is 2.86. The van der Waals surface area contributed by atoms with Gasteiger partial charge in [0.05, 0.1) is 12.3 Å². The highest BCUT2D eigenvalue weighted by molar-refractivity contribution is 7.89. The molecule has 0 saturated carbocycles. The van der Waals surface area contributed by atoms with E-state index < -0.39 is 16.1 Å². The zero-order valence-corrected chi connectivity index (χ0v) is 21.7. The van der Waals surface area contributed by atoms with Gasteiger partial charge in [0, 0.05) is 37.8 Å². The number of fused-ring (bicyclic) bond motifs is 1. The molecule has 8 heteroatoms. The van der Waals surface area contributed by atoms with Crippen LogP contribution in [-0.2, 0) is 16.6 Å². The molecule has 35 heavy (non-hydrogen) atoms. The normalized spacial score (nSPS) is 23.5. The average molecular weight is 500 g/mol. The van der Waals surface area contributed by atoms with Crippen molar-refractivity contribution in [1.29, 1.82) is 0 Å². The summed E-state index contributed by atoms with van der Waals surface area (Å²) >= 11 is 0. The molecule has 0 radical (unpaired) electrons. The van der Waals surface area contributed by atoms with Crippen LogP contribution in [0.3, 0.4) is 0 Å². The molecule has 2 heterocycles. The van der Waals surface area contributed by atoms with Crippen molar-refractivity contribution in [1.82, 2.24) is 14.2 Å². The summed E-state index contributed by atoms with van der Waals surface area (Å²) in [6, 6.07) is 10.8. The Kier molecular flexibility index (Phi) is 8.27. The molecule has 2 aromatic rings. The number of hydrogen-bond donors (Lipinski definition) is 1. The first kappa shape index (κ1) is 25.8. The highest BCUT2D eigenvalue weighted by Crippen LogP contribution is 2.37. The summed E-state index contributed by atoms with van der Waals surface area (Å²) in [4.78, 5) is 6.75. The van der Waals surface area contributed by atoms with Crippen LogP contribution in [0.5, 0.6) is 5.75 Å². The Bertz CT molecular complexity index is 1140. The molecule has 0 spiro atoms. The minimum Gasteiger partial charge on any atom is -0.487 e. The lowest BCUT2D eigenvalue weighted by atomic mass is 9.93. The second-order valence-electron chi connectivity index (χ2n) is 9.89. The van der Waals surface area contributed by atoms with E-state index in [1.54, 1.807) is 19.2 Å². The zero-order valence-electron chi connectivity index (χ0n) is 20.9. The molecule has 1 aliphatic heterocycles. The van der Waals surface area contributed by atoms with Gasteiger partial charge in [-0.25, -0.2) is 8.42 Å². The van der Waals surface area contributed by atoms with Gasteiger partial charge in [-0.15, -0.1) is 0 Å². The third-order valence-electron chi connectivity index (χ3n) is 6.98. The van der Waals surface area contributed by atoms with Crippen molar-refractivity contribution in [2.45, 2.75) is 63.1 Å². The third kappa shape index (κ3) is 5.94. The fourth-order valence-corrected chi connectivity index (χ4v) is 6.71. The lowest BCUT2D eigenvalue weighted by Gasteiger charge is -2.37. The first-order valence-corrected chi connectivity index (χ1v) is 13.9. The van der Waals surface area contributed by atoms with Gasteiger partial charge in [0.1, 0.15) is 16.7 Å². The topological polar surface area (TPSA) is 83.0 Å². The molecule has 7 nitrogen and oxygen atoms in total. The van der Waals surface area contributed by atoms with E-state index in [0.29, 0.717) is 18.8 Å². The molecule has 0 bridgehead atoms. The predicted molar refractivity (Wildman–Crippen MR) is 137 cm³/mol. The molecule has 0 fully saturated rings. The van der Waals surface area contributed by atoms with Crippen LogP contribution < -0.4 is 4.74 Å². The maximum Gasteiger partial charge on any atom is 0.247 e. The number of sulfonamides is 1. The van der Waals surface area contributed by atoms with Crippen LogP contribution in [0.25, 0.3) is 5.57 Å². The van der Waals surface area contributed by atoms with E-state index in [1.165, 1.54) is 16.3 Å². The van der Waals surface area contributed by atoms with Gasteiger partial charge in [-0.2, -0.15) is 4.31 Å². The van der Waals surface area contributed by atoms with Crippen LogP contribution in [0.2, 0.25) is 0 Å². The molecule has 3 atom stereocenters. The molecule has 0 unspecified atom stereocenters. The second-order valence-corrected chi connectivity index (χ2v) is 11.8. The highest BCUT2D eigenvalue weighted by atomic mass is 32.2. The fourth-order valence-electron chi connectivity index (χ4n) is 4.88. The Morgan fingerprint density at radius 1 is 1.26 bits per heavy atom. The molecule has 1 aliphatic carbocycles. The van der Waals surface area contributed by atoms with Crippen LogP contribution >= 0.6 is 0 Å². The molecule has 1 aromatic heterocycles. The van der Waals surface area contributed by atoms with Gasteiger partial charge >= 0.3 is 0 Å². The van der Waals surface area contributed by atoms with Gasteiger partial charge in [0.15, 0.2) is 0 Å². The standard InChI is InChI=1S/C27H37N3O4S/c1-20-16-30(21(2)19-31)35(32,33)27-13-12-23(22-9-5-4-6-10-22)15-25(27)34-26(20)18-29(3)17-24-11-7-8-14-28-24/h7-9,11-15,20-21,26,31H,4-6,10,16-19H2,1-3H3/t20-,21+,26+/m1/s1. The summed E-state index contributed by atoms with van der Waals surface area (Å²) < 4.78 is 35.3. The number of aromatic nitrogens is 1. The lowest BCUT2D eigenvalue weighted by molar-refractivity contribution is 0.0730. The number of aliphatic hydroxyl groups excluding tert-OH is 1. The van der Waals surface area contributed by atoms with E-state index in [4.69, 9.17) is 4.74 Å². The molecule has 0 saturated heterocycles. The Hall–Kier alpha value is -2.26. The van der Waals surface area contributed by atoms with Crippen molar-refractivity contribution in [2.24, 2.45) is 5.92 Å². The minimum absolute atomic E-state index is 0.0874. The SMILES string of the molecule is C[C@@H]1CN([C@@H](C)CO)S(=O)(=O)c2ccc(C3=CCCCC3)cc2O[C@H]1CN(C)Cc1ccccn1. The van der Waals surface area contributed by atoms with Gasteiger partial charge < -0.3 is 9.84 Å². The maximum absolute atomic E-state index is 13.7. The Morgan fingerprint density at radius 3 is 2.77 bits per heavy atom. The monoisotopic (exact) mass is 499 g/mol. The quantitative estimate of drug-likeness (QED) is 0.621. The highest BCUT2D eigenvalue weighted by Gasteiger charge is 2.38. The number of nitrogens with zero attached hydrogens (tertiary/aromatic N) is 3. The van der Waals surface area contributed by atoms with E-state index in [1.807, 2.05) is 44.3 Å². The number of allylic oxidation sites excluding steroid dienone is 2. The maximum atomic E-state index is 13.7. The third-order valence-corrected chi connectivity index (χ3v) is 9.00. The number of hydrogen-bond acceptors (Lipinski definition) is 6. The molecule has 1 aromatic carbocycles. The Labute approximate surface area is 209 Å². The van der Waals surface area contributed by atoms with Crippen LogP contribution in [0.15, 0.2) is 53.6 Å². The van der Waals surface area contributed by atoms with Crippen molar-refractivity contribution in [3.8, 4) is 5.75 Å². The number of likely N-dealkylation sites (N-methyl/N-ethyl adjacent to an activating group) is 1. The zero-order chi connectivity index (χ0) is 25.0. The summed E-state index contributed by atoms with van der Waals surface area (Å²) in [7, 11) is -1.80. The van der Waals surface area contributed by atoms with Gasteiger partial charge in [0.25, 0.3) is 0 Å². The number of ether oxygens (including phenoxy) is 1. The van der Waals surface area contributed by atoms with E-state index in [0.717, 1.165) is 30.5 Å². The van der Waals surface area contributed by atoms with E-state index in [2.05, 4.69) is 16.0 Å². The second kappa shape index (κ2) is 11.2. The van der Waals surface area contributed by atoms with Crippen LogP contribution in [0, 0.1) is 5.92 Å².